The Balaban J connectivity index is 2.05. The molecule has 0 radical (unpaired) electrons. The van der Waals surface area contributed by atoms with Crippen LogP contribution in [0.15, 0.2) is 54.6 Å². The molecule has 0 saturated heterocycles. The number of rotatable bonds is 7. The first kappa shape index (κ1) is 17.6. The van der Waals surface area contributed by atoms with Gasteiger partial charge in [0.05, 0.1) is 11.6 Å². The Hall–Kier alpha value is -2.80. The van der Waals surface area contributed by atoms with E-state index in [-0.39, 0.29) is 11.9 Å². The van der Waals surface area contributed by atoms with Gasteiger partial charge in [0.1, 0.15) is 11.8 Å². The molecule has 0 fully saturated rings. The van der Waals surface area contributed by atoms with Crippen molar-refractivity contribution in [1.82, 2.24) is 5.32 Å². The van der Waals surface area contributed by atoms with Gasteiger partial charge in [-0.25, -0.2) is 0 Å². The summed E-state index contributed by atoms with van der Waals surface area (Å²) in [6.07, 6.45) is 1.14. The van der Waals surface area contributed by atoms with Crippen LogP contribution in [0.1, 0.15) is 43.9 Å². The average molecular weight is 322 g/mol. The van der Waals surface area contributed by atoms with Crippen molar-refractivity contribution < 1.29 is 9.53 Å². The number of carbonyl (C=O) groups is 1. The summed E-state index contributed by atoms with van der Waals surface area (Å²) in [5.41, 5.74) is 1.50. The summed E-state index contributed by atoms with van der Waals surface area (Å²) < 4.78 is 5.68. The predicted octanol–water partition coefficient (Wildman–Crippen LogP) is 3.98. The fourth-order valence-corrected chi connectivity index (χ4v) is 2.49. The summed E-state index contributed by atoms with van der Waals surface area (Å²) >= 11 is 0. The lowest BCUT2D eigenvalue weighted by atomic mass is 10.0. The van der Waals surface area contributed by atoms with Gasteiger partial charge >= 0.3 is 0 Å². The van der Waals surface area contributed by atoms with Gasteiger partial charge in [0, 0.05) is 0 Å². The van der Waals surface area contributed by atoms with Crippen LogP contribution in [0.5, 0.6) is 5.75 Å². The van der Waals surface area contributed by atoms with Crippen LogP contribution in [0.2, 0.25) is 0 Å². The second kappa shape index (κ2) is 8.73. The second-order valence-corrected chi connectivity index (χ2v) is 5.63. The molecule has 2 aromatic rings. The third-order valence-electron chi connectivity index (χ3n) is 3.78. The molecule has 0 unspecified atom stereocenters. The number of hydrogen-bond acceptors (Lipinski definition) is 3. The van der Waals surface area contributed by atoms with Crippen LogP contribution in [0.25, 0.3) is 0 Å². The van der Waals surface area contributed by atoms with Gasteiger partial charge in [0.2, 0.25) is 0 Å². The summed E-state index contributed by atoms with van der Waals surface area (Å²) in [7, 11) is 0. The summed E-state index contributed by atoms with van der Waals surface area (Å²) in [6, 6.07) is 18.9. The first-order valence-corrected chi connectivity index (χ1v) is 8.16. The van der Waals surface area contributed by atoms with Crippen LogP contribution in [0, 0.1) is 11.3 Å². The predicted molar refractivity (Wildman–Crippen MR) is 93.5 cm³/mol. The van der Waals surface area contributed by atoms with Crippen LogP contribution in [-0.2, 0) is 4.79 Å². The lowest BCUT2D eigenvalue weighted by Gasteiger charge is -2.22. The third kappa shape index (κ3) is 4.60. The molecule has 0 aliphatic heterocycles. The Bertz CT molecular complexity index is 707. The van der Waals surface area contributed by atoms with Crippen LogP contribution in [-0.4, -0.2) is 12.0 Å². The molecule has 0 aliphatic rings. The second-order valence-electron chi connectivity index (χ2n) is 5.63. The highest BCUT2D eigenvalue weighted by Crippen LogP contribution is 2.20. The fourth-order valence-electron chi connectivity index (χ4n) is 2.49. The van der Waals surface area contributed by atoms with Gasteiger partial charge in [-0.05, 0) is 31.0 Å². The quantitative estimate of drug-likeness (QED) is 0.838. The number of para-hydroxylation sites is 1. The van der Waals surface area contributed by atoms with Gasteiger partial charge in [-0.1, -0.05) is 55.8 Å². The molecule has 4 nitrogen and oxygen atoms in total. The maximum Gasteiger partial charge on any atom is 0.261 e. The van der Waals surface area contributed by atoms with Gasteiger partial charge in [0.25, 0.3) is 5.91 Å². The van der Waals surface area contributed by atoms with E-state index in [0.717, 1.165) is 18.4 Å². The number of hydrogen-bond donors (Lipinski definition) is 1. The number of nitriles is 1. The maximum absolute atomic E-state index is 12.5. The zero-order valence-corrected chi connectivity index (χ0v) is 14.0. The van der Waals surface area contributed by atoms with Crippen LogP contribution in [0.4, 0.5) is 0 Å². The molecule has 2 aromatic carbocycles. The smallest absolute Gasteiger partial charge is 0.261 e. The van der Waals surface area contributed by atoms with E-state index in [1.807, 2.05) is 30.3 Å². The van der Waals surface area contributed by atoms with Crippen molar-refractivity contribution in [2.24, 2.45) is 0 Å². The van der Waals surface area contributed by atoms with Gasteiger partial charge < -0.3 is 10.1 Å². The SMILES string of the molecule is CCC[C@@H](NC(=O)[C@H](C)Oc1ccccc1C#N)c1ccccc1. The van der Waals surface area contributed by atoms with Gasteiger partial charge in [-0.2, -0.15) is 5.26 Å². The average Bonchev–Trinajstić information content (AvgIpc) is 2.62. The Kier molecular flexibility index (Phi) is 6.39. The van der Waals surface area contributed by atoms with Crippen molar-refractivity contribution in [3.63, 3.8) is 0 Å². The molecule has 0 aromatic heterocycles. The number of carbonyl (C=O) groups excluding carboxylic acids is 1. The fraction of sp³-hybridized carbons (Fsp3) is 0.300. The Morgan fingerprint density at radius 3 is 2.50 bits per heavy atom. The number of nitrogens with zero attached hydrogens (tertiary/aromatic N) is 1. The van der Waals surface area contributed by atoms with E-state index in [0.29, 0.717) is 11.3 Å². The van der Waals surface area contributed by atoms with Crippen molar-refractivity contribution in [3.05, 3.63) is 65.7 Å². The van der Waals surface area contributed by atoms with Crippen LogP contribution >= 0.6 is 0 Å². The van der Waals surface area contributed by atoms with Crippen molar-refractivity contribution in [2.75, 3.05) is 0 Å². The minimum absolute atomic E-state index is 0.0408. The summed E-state index contributed by atoms with van der Waals surface area (Å²) in [5, 5.41) is 12.1. The molecule has 1 N–H and O–H groups in total. The minimum atomic E-state index is -0.678. The van der Waals surface area contributed by atoms with Crippen molar-refractivity contribution in [1.29, 1.82) is 5.26 Å². The summed E-state index contributed by atoms with van der Waals surface area (Å²) in [5.74, 6) is 0.236. The zero-order chi connectivity index (χ0) is 17.4. The topological polar surface area (TPSA) is 62.1 Å². The van der Waals surface area contributed by atoms with E-state index in [9.17, 15) is 4.79 Å². The zero-order valence-electron chi connectivity index (χ0n) is 14.0. The molecule has 124 valence electrons. The van der Waals surface area contributed by atoms with E-state index < -0.39 is 6.10 Å². The molecule has 0 bridgehead atoms. The molecule has 0 saturated carbocycles. The Labute approximate surface area is 143 Å². The molecular weight excluding hydrogens is 300 g/mol. The summed E-state index contributed by atoms with van der Waals surface area (Å²) in [6.45, 7) is 3.78. The van der Waals surface area contributed by atoms with Crippen LogP contribution < -0.4 is 10.1 Å². The number of nitrogens with one attached hydrogen (secondary N) is 1. The molecule has 0 aliphatic carbocycles. The maximum atomic E-state index is 12.5. The van der Waals surface area contributed by atoms with Gasteiger partial charge in [-0.3, -0.25) is 4.79 Å². The Morgan fingerprint density at radius 1 is 1.17 bits per heavy atom. The largest absolute Gasteiger partial charge is 0.480 e. The summed E-state index contributed by atoms with van der Waals surface area (Å²) in [4.78, 5) is 12.5. The lowest BCUT2D eigenvalue weighted by Crippen LogP contribution is -2.38. The van der Waals surface area contributed by atoms with Gasteiger partial charge in [0.15, 0.2) is 6.10 Å². The van der Waals surface area contributed by atoms with Gasteiger partial charge in [-0.15, -0.1) is 0 Å². The van der Waals surface area contributed by atoms with Crippen molar-refractivity contribution >= 4 is 5.91 Å². The molecule has 0 spiro atoms. The molecule has 0 heterocycles. The highest BCUT2D eigenvalue weighted by Gasteiger charge is 2.20. The standard InChI is InChI=1S/C20H22N2O2/c1-3-9-18(16-10-5-4-6-11-16)22-20(23)15(2)24-19-13-8-7-12-17(19)14-21/h4-8,10-13,15,18H,3,9H2,1-2H3,(H,22,23)/t15-,18+/m0/s1. The molecule has 24 heavy (non-hydrogen) atoms. The molecule has 2 atom stereocenters. The van der Waals surface area contributed by atoms with E-state index in [2.05, 4.69) is 18.3 Å². The number of amides is 1. The minimum Gasteiger partial charge on any atom is -0.480 e. The van der Waals surface area contributed by atoms with E-state index in [1.54, 1.807) is 31.2 Å². The lowest BCUT2D eigenvalue weighted by molar-refractivity contribution is -0.128. The molecule has 2 rings (SSSR count). The highest BCUT2D eigenvalue weighted by atomic mass is 16.5. The first-order valence-electron chi connectivity index (χ1n) is 8.16. The molecular formula is C20H22N2O2. The van der Waals surface area contributed by atoms with Crippen molar-refractivity contribution in [2.45, 2.75) is 38.8 Å². The van der Waals surface area contributed by atoms with E-state index in [1.165, 1.54) is 0 Å². The normalized spacial score (nSPS) is 12.7. The molecule has 1 amide bonds. The number of ether oxygens (including phenoxy) is 1. The van der Waals surface area contributed by atoms with E-state index >= 15 is 0 Å². The Morgan fingerprint density at radius 2 is 1.83 bits per heavy atom. The van der Waals surface area contributed by atoms with E-state index in [4.69, 9.17) is 10.00 Å². The number of benzene rings is 2. The molecule has 4 heteroatoms. The third-order valence-corrected chi connectivity index (χ3v) is 3.78. The first-order chi connectivity index (χ1) is 11.7. The van der Waals surface area contributed by atoms with Crippen LogP contribution in [0.3, 0.4) is 0 Å². The van der Waals surface area contributed by atoms with Crippen molar-refractivity contribution in [3.8, 4) is 11.8 Å². The monoisotopic (exact) mass is 322 g/mol. The highest BCUT2D eigenvalue weighted by molar-refractivity contribution is 5.81.